The Morgan fingerprint density at radius 2 is 2.10 bits per heavy atom. The number of carbonyl (C=O) groups is 1. The van der Waals surface area contributed by atoms with Crippen molar-refractivity contribution in [2.24, 2.45) is 5.92 Å². The van der Waals surface area contributed by atoms with Crippen LogP contribution >= 0.6 is 0 Å². The van der Waals surface area contributed by atoms with Crippen molar-refractivity contribution in [1.82, 2.24) is 15.6 Å². The number of hydrogen-bond donors (Lipinski definition) is 2. The molecule has 2 fully saturated rings. The molecule has 0 bridgehead atoms. The van der Waals surface area contributed by atoms with Crippen molar-refractivity contribution in [3.63, 3.8) is 0 Å². The highest BCUT2D eigenvalue weighted by molar-refractivity contribution is 5.74. The van der Waals surface area contributed by atoms with Gasteiger partial charge in [-0.2, -0.15) is 0 Å². The Balaban J connectivity index is 1.60. The van der Waals surface area contributed by atoms with Crippen molar-refractivity contribution in [2.75, 3.05) is 6.61 Å². The minimum Gasteiger partial charge on any atom is -0.371 e. The number of urea groups is 1. The Bertz CT molecular complexity index is 476. The molecular weight excluding hydrogens is 266 g/mol. The van der Waals surface area contributed by atoms with Crippen LogP contribution in [0, 0.1) is 5.92 Å². The zero-order valence-electron chi connectivity index (χ0n) is 12.4. The summed E-state index contributed by atoms with van der Waals surface area (Å²) in [5.41, 5.74) is 1.07. The van der Waals surface area contributed by atoms with Crippen LogP contribution < -0.4 is 10.6 Å². The van der Waals surface area contributed by atoms with Crippen LogP contribution in [-0.2, 0) is 4.74 Å². The van der Waals surface area contributed by atoms with Crippen molar-refractivity contribution in [3.8, 4) is 0 Å². The molecule has 2 aliphatic rings. The molecule has 2 heterocycles. The molecule has 0 radical (unpaired) electrons. The molecule has 5 heteroatoms. The van der Waals surface area contributed by atoms with Gasteiger partial charge in [0.2, 0.25) is 0 Å². The predicted octanol–water partition coefficient (Wildman–Crippen LogP) is 2.40. The van der Waals surface area contributed by atoms with E-state index in [0.717, 1.165) is 25.0 Å². The minimum atomic E-state index is -0.0799. The van der Waals surface area contributed by atoms with Crippen LogP contribution in [0.3, 0.4) is 0 Å². The second-order valence-electron chi connectivity index (χ2n) is 6.06. The molecule has 1 aromatic rings. The Labute approximate surface area is 125 Å². The fourth-order valence-electron chi connectivity index (χ4n) is 2.94. The van der Waals surface area contributed by atoms with Gasteiger partial charge < -0.3 is 15.4 Å². The Kier molecular flexibility index (Phi) is 4.39. The Morgan fingerprint density at radius 1 is 1.33 bits per heavy atom. The lowest BCUT2D eigenvalue weighted by molar-refractivity contribution is -0.00755. The van der Waals surface area contributed by atoms with Crippen LogP contribution in [0.15, 0.2) is 24.5 Å². The van der Waals surface area contributed by atoms with Crippen LogP contribution in [0.2, 0.25) is 0 Å². The van der Waals surface area contributed by atoms with Crippen LogP contribution in [0.5, 0.6) is 0 Å². The normalized spacial score (nSPS) is 26.9. The number of nitrogens with zero attached hydrogens (tertiary/aromatic N) is 1. The third kappa shape index (κ3) is 3.73. The average molecular weight is 289 g/mol. The quantitative estimate of drug-likeness (QED) is 0.894. The maximum Gasteiger partial charge on any atom is 0.315 e. The molecule has 0 spiro atoms. The van der Waals surface area contributed by atoms with Crippen molar-refractivity contribution < 1.29 is 9.53 Å². The van der Waals surface area contributed by atoms with Crippen LogP contribution in [-0.4, -0.2) is 29.7 Å². The average Bonchev–Trinajstić information content (AvgIpc) is 3.33. The summed E-state index contributed by atoms with van der Waals surface area (Å²) in [6, 6.07) is 4.11. The lowest BCUT2D eigenvalue weighted by atomic mass is 9.97. The lowest BCUT2D eigenvalue weighted by Gasteiger charge is -2.33. The zero-order valence-corrected chi connectivity index (χ0v) is 12.4. The fraction of sp³-hybridized carbons (Fsp3) is 0.625. The number of pyridine rings is 1. The molecule has 0 aromatic carbocycles. The van der Waals surface area contributed by atoms with Gasteiger partial charge in [-0.1, -0.05) is 0 Å². The molecule has 114 valence electrons. The zero-order chi connectivity index (χ0) is 14.7. The molecule has 1 aliphatic carbocycles. The summed E-state index contributed by atoms with van der Waals surface area (Å²) >= 11 is 0. The smallest absolute Gasteiger partial charge is 0.315 e. The maximum absolute atomic E-state index is 12.1. The summed E-state index contributed by atoms with van der Waals surface area (Å²) in [7, 11) is 0. The van der Waals surface area contributed by atoms with E-state index in [0.29, 0.717) is 5.92 Å². The van der Waals surface area contributed by atoms with Gasteiger partial charge in [0, 0.05) is 25.0 Å². The highest BCUT2D eigenvalue weighted by Gasteiger charge is 2.31. The molecule has 5 nitrogen and oxygen atoms in total. The first-order valence-corrected chi connectivity index (χ1v) is 7.82. The van der Waals surface area contributed by atoms with Gasteiger partial charge >= 0.3 is 6.03 Å². The van der Waals surface area contributed by atoms with Gasteiger partial charge in [0.25, 0.3) is 0 Å². The third-order valence-corrected chi connectivity index (χ3v) is 4.36. The Hall–Kier alpha value is -1.62. The van der Waals surface area contributed by atoms with Gasteiger partial charge in [-0.25, -0.2) is 4.79 Å². The molecule has 2 amide bonds. The summed E-state index contributed by atoms with van der Waals surface area (Å²) in [5.74, 6) is 0.661. The fourth-order valence-corrected chi connectivity index (χ4v) is 2.94. The number of ether oxygens (including phenoxy) is 1. The molecule has 2 N–H and O–H groups in total. The highest BCUT2D eigenvalue weighted by atomic mass is 16.5. The molecule has 3 rings (SSSR count). The molecule has 1 saturated heterocycles. The number of aromatic nitrogens is 1. The van der Waals surface area contributed by atoms with Gasteiger partial charge in [0.05, 0.1) is 6.04 Å². The summed E-state index contributed by atoms with van der Waals surface area (Å²) in [4.78, 5) is 16.2. The second-order valence-corrected chi connectivity index (χ2v) is 6.06. The van der Waals surface area contributed by atoms with Crippen LogP contribution in [0.1, 0.15) is 44.3 Å². The monoisotopic (exact) mass is 289 g/mol. The summed E-state index contributed by atoms with van der Waals surface area (Å²) < 4.78 is 5.87. The Morgan fingerprint density at radius 3 is 2.81 bits per heavy atom. The first kappa shape index (κ1) is 14.3. The summed E-state index contributed by atoms with van der Waals surface area (Å²) in [5, 5.41) is 6.13. The third-order valence-electron chi connectivity index (χ3n) is 4.36. The van der Waals surface area contributed by atoms with E-state index in [4.69, 9.17) is 4.74 Å². The standard InChI is InChI=1S/C16H23N3O2/c1-11(12-4-5-12)18-16(20)19-14-3-2-10-21-15(14)13-6-8-17-9-7-13/h6-9,11-12,14-15H,2-5,10H2,1H3,(H2,18,19,20)/t11-,14-,15+/m0/s1. The number of carbonyl (C=O) groups excluding carboxylic acids is 1. The van der Waals surface area contributed by atoms with Crippen molar-refractivity contribution in [1.29, 1.82) is 0 Å². The molecule has 1 aromatic heterocycles. The van der Waals surface area contributed by atoms with E-state index in [9.17, 15) is 4.79 Å². The minimum absolute atomic E-state index is 0.0209. The molecule has 0 unspecified atom stereocenters. The van der Waals surface area contributed by atoms with E-state index >= 15 is 0 Å². The van der Waals surface area contributed by atoms with Crippen molar-refractivity contribution in [3.05, 3.63) is 30.1 Å². The SMILES string of the molecule is C[C@H](NC(=O)N[C@H]1CCCO[C@@H]1c1ccncc1)C1CC1. The van der Waals surface area contributed by atoms with E-state index in [1.807, 2.05) is 12.1 Å². The largest absolute Gasteiger partial charge is 0.371 e. The van der Waals surface area contributed by atoms with Gasteiger partial charge in [0.1, 0.15) is 6.10 Å². The number of nitrogens with one attached hydrogen (secondary N) is 2. The van der Waals surface area contributed by atoms with E-state index in [1.54, 1.807) is 12.4 Å². The van der Waals surface area contributed by atoms with Gasteiger partial charge in [-0.05, 0) is 56.2 Å². The first-order valence-electron chi connectivity index (χ1n) is 7.82. The van der Waals surface area contributed by atoms with Gasteiger partial charge in [-0.15, -0.1) is 0 Å². The molecular formula is C16H23N3O2. The summed E-state index contributed by atoms with van der Waals surface area (Å²) in [6.07, 6.45) is 7.83. The number of hydrogen-bond acceptors (Lipinski definition) is 3. The lowest BCUT2D eigenvalue weighted by Crippen LogP contribution is -2.49. The first-order chi connectivity index (χ1) is 10.2. The predicted molar refractivity (Wildman–Crippen MR) is 79.8 cm³/mol. The summed E-state index contributed by atoms with van der Waals surface area (Å²) in [6.45, 7) is 2.82. The maximum atomic E-state index is 12.1. The van der Waals surface area contributed by atoms with Crippen molar-refractivity contribution >= 4 is 6.03 Å². The van der Waals surface area contributed by atoms with E-state index < -0.39 is 0 Å². The van der Waals surface area contributed by atoms with Crippen molar-refractivity contribution in [2.45, 2.75) is 50.8 Å². The van der Waals surface area contributed by atoms with Crippen LogP contribution in [0.4, 0.5) is 4.79 Å². The number of amides is 2. The topological polar surface area (TPSA) is 63.2 Å². The van der Waals surface area contributed by atoms with E-state index in [2.05, 4.69) is 22.5 Å². The van der Waals surface area contributed by atoms with Gasteiger partial charge in [-0.3, -0.25) is 4.98 Å². The van der Waals surface area contributed by atoms with E-state index in [1.165, 1.54) is 12.8 Å². The van der Waals surface area contributed by atoms with Gasteiger partial charge in [0.15, 0.2) is 0 Å². The van der Waals surface area contributed by atoms with Crippen LogP contribution in [0.25, 0.3) is 0 Å². The molecule has 1 aliphatic heterocycles. The molecule has 1 saturated carbocycles. The number of rotatable bonds is 4. The molecule has 21 heavy (non-hydrogen) atoms. The molecule has 3 atom stereocenters. The highest BCUT2D eigenvalue weighted by Crippen LogP contribution is 2.32. The second kappa shape index (κ2) is 6.43. The van der Waals surface area contributed by atoms with E-state index in [-0.39, 0.29) is 24.2 Å².